The molecule has 1 amide bonds. The van der Waals surface area contributed by atoms with E-state index < -0.39 is 10.0 Å². The van der Waals surface area contributed by atoms with Crippen molar-refractivity contribution in [1.82, 2.24) is 5.32 Å². The van der Waals surface area contributed by atoms with Crippen molar-refractivity contribution in [2.75, 3.05) is 25.0 Å². The molecule has 0 spiro atoms. The molecule has 3 aromatic carbocycles. The van der Waals surface area contributed by atoms with Crippen LogP contribution in [0, 0.1) is 13.8 Å². The van der Waals surface area contributed by atoms with Gasteiger partial charge in [0.25, 0.3) is 15.9 Å². The van der Waals surface area contributed by atoms with E-state index in [4.69, 9.17) is 9.47 Å². The lowest BCUT2D eigenvalue weighted by molar-refractivity contribution is 0.0946. The van der Waals surface area contributed by atoms with E-state index in [1.54, 1.807) is 50.4 Å². The molecule has 0 bridgehead atoms. The molecule has 0 fully saturated rings. The lowest BCUT2D eigenvalue weighted by atomic mass is 10.1. The third-order valence-corrected chi connectivity index (χ3v) is 6.33. The topological polar surface area (TPSA) is 93.7 Å². The minimum atomic E-state index is -3.86. The number of rotatable bonds is 9. The highest BCUT2D eigenvalue weighted by Crippen LogP contribution is 2.23. The highest BCUT2D eigenvalue weighted by Gasteiger charge is 2.20. The molecule has 7 nitrogen and oxygen atoms in total. The Morgan fingerprint density at radius 2 is 1.66 bits per heavy atom. The Hall–Kier alpha value is -3.52. The summed E-state index contributed by atoms with van der Waals surface area (Å²) in [6.45, 7) is 4.02. The van der Waals surface area contributed by atoms with Crippen molar-refractivity contribution in [3.63, 3.8) is 0 Å². The Kier molecular flexibility index (Phi) is 7.37. The van der Waals surface area contributed by atoms with Crippen molar-refractivity contribution in [1.29, 1.82) is 0 Å². The molecule has 0 saturated carbocycles. The zero-order valence-electron chi connectivity index (χ0n) is 18.2. The molecule has 0 saturated heterocycles. The lowest BCUT2D eigenvalue weighted by Gasteiger charge is -2.14. The summed E-state index contributed by atoms with van der Waals surface area (Å²) in [5.41, 5.74) is 2.10. The molecule has 2 N–H and O–H groups in total. The summed E-state index contributed by atoms with van der Waals surface area (Å²) in [6, 6.07) is 18.9. The maximum absolute atomic E-state index is 12.9. The zero-order chi connectivity index (χ0) is 23.1. The molecule has 0 heterocycles. The zero-order valence-corrected chi connectivity index (χ0v) is 19.0. The molecule has 0 atom stereocenters. The Morgan fingerprint density at radius 3 is 2.41 bits per heavy atom. The van der Waals surface area contributed by atoms with Gasteiger partial charge in [0.15, 0.2) is 0 Å². The maximum atomic E-state index is 12.9. The fourth-order valence-electron chi connectivity index (χ4n) is 3.04. The Morgan fingerprint density at radius 1 is 0.906 bits per heavy atom. The number of sulfonamides is 1. The number of para-hydroxylation sites is 1. The predicted molar refractivity (Wildman–Crippen MR) is 124 cm³/mol. The number of anilines is 1. The summed E-state index contributed by atoms with van der Waals surface area (Å²) in [4.78, 5) is 12.6. The first-order valence-corrected chi connectivity index (χ1v) is 11.5. The van der Waals surface area contributed by atoms with Gasteiger partial charge in [-0.1, -0.05) is 30.3 Å². The van der Waals surface area contributed by atoms with Crippen LogP contribution in [0.5, 0.6) is 11.5 Å². The van der Waals surface area contributed by atoms with E-state index in [-0.39, 0.29) is 29.5 Å². The van der Waals surface area contributed by atoms with Crippen molar-refractivity contribution in [3.05, 3.63) is 83.4 Å². The average Bonchev–Trinajstić information content (AvgIpc) is 2.78. The normalized spacial score (nSPS) is 11.0. The molecule has 3 rings (SSSR count). The van der Waals surface area contributed by atoms with Crippen molar-refractivity contribution < 1.29 is 22.7 Å². The number of carbonyl (C=O) groups excluding carboxylic acids is 1. The highest BCUT2D eigenvalue weighted by molar-refractivity contribution is 7.92. The van der Waals surface area contributed by atoms with Gasteiger partial charge in [-0.3, -0.25) is 9.52 Å². The van der Waals surface area contributed by atoms with E-state index in [9.17, 15) is 13.2 Å². The number of aryl methyl sites for hydroxylation is 2. The van der Waals surface area contributed by atoms with Gasteiger partial charge in [0, 0.05) is 11.6 Å². The van der Waals surface area contributed by atoms with E-state index in [1.165, 1.54) is 6.07 Å². The second-order valence-electron chi connectivity index (χ2n) is 7.18. The van der Waals surface area contributed by atoms with Crippen LogP contribution in [0.3, 0.4) is 0 Å². The highest BCUT2D eigenvalue weighted by atomic mass is 32.2. The summed E-state index contributed by atoms with van der Waals surface area (Å²) in [7, 11) is -2.28. The number of hydrogen-bond donors (Lipinski definition) is 2. The lowest BCUT2D eigenvalue weighted by Crippen LogP contribution is -2.28. The van der Waals surface area contributed by atoms with Crippen LogP contribution < -0.4 is 19.5 Å². The first kappa shape index (κ1) is 23.1. The van der Waals surface area contributed by atoms with Crippen LogP contribution in [0.4, 0.5) is 5.69 Å². The van der Waals surface area contributed by atoms with Crippen LogP contribution in [-0.2, 0) is 10.0 Å². The van der Waals surface area contributed by atoms with Crippen LogP contribution >= 0.6 is 0 Å². The predicted octanol–water partition coefficient (Wildman–Crippen LogP) is 3.92. The molecule has 0 unspecified atom stereocenters. The molecular weight excluding hydrogens is 428 g/mol. The Balaban J connectivity index is 1.65. The van der Waals surface area contributed by atoms with Crippen molar-refractivity contribution in [2.24, 2.45) is 0 Å². The number of benzene rings is 3. The molecule has 8 heteroatoms. The second kappa shape index (κ2) is 10.2. The van der Waals surface area contributed by atoms with Crippen LogP contribution in [0.15, 0.2) is 71.6 Å². The summed E-state index contributed by atoms with van der Waals surface area (Å²) in [6.07, 6.45) is 0. The molecule has 0 aromatic heterocycles. The molecule has 32 heavy (non-hydrogen) atoms. The summed E-state index contributed by atoms with van der Waals surface area (Å²) < 4.78 is 39.2. The molecule has 0 aliphatic rings. The smallest absolute Gasteiger partial charge is 0.262 e. The molecule has 3 aromatic rings. The third-order valence-electron chi connectivity index (χ3n) is 4.83. The van der Waals surface area contributed by atoms with Crippen molar-refractivity contribution in [2.45, 2.75) is 18.7 Å². The summed E-state index contributed by atoms with van der Waals surface area (Å²) >= 11 is 0. The number of methoxy groups -OCH3 is 1. The number of hydrogen-bond acceptors (Lipinski definition) is 5. The summed E-state index contributed by atoms with van der Waals surface area (Å²) in [5, 5.41) is 2.74. The van der Waals surface area contributed by atoms with Gasteiger partial charge in [-0.2, -0.15) is 0 Å². The van der Waals surface area contributed by atoms with Crippen LogP contribution in [-0.4, -0.2) is 34.6 Å². The van der Waals surface area contributed by atoms with Gasteiger partial charge >= 0.3 is 0 Å². The first-order chi connectivity index (χ1) is 15.3. The van der Waals surface area contributed by atoms with Gasteiger partial charge in [0.2, 0.25) is 0 Å². The second-order valence-corrected chi connectivity index (χ2v) is 8.83. The molecule has 0 radical (unpaired) electrons. The number of carbonyl (C=O) groups is 1. The molecule has 0 aliphatic carbocycles. The average molecular weight is 455 g/mol. The van der Waals surface area contributed by atoms with Crippen molar-refractivity contribution >= 4 is 21.6 Å². The maximum Gasteiger partial charge on any atom is 0.262 e. The first-order valence-electron chi connectivity index (χ1n) is 10.0. The van der Waals surface area contributed by atoms with E-state index in [2.05, 4.69) is 10.0 Å². The number of nitrogens with one attached hydrogen (secondary N) is 2. The molecule has 0 aliphatic heterocycles. The van der Waals surface area contributed by atoms with Crippen molar-refractivity contribution in [3.8, 4) is 11.5 Å². The van der Waals surface area contributed by atoms with E-state index in [1.807, 2.05) is 31.2 Å². The van der Waals surface area contributed by atoms with Gasteiger partial charge in [-0.25, -0.2) is 8.42 Å². The van der Waals surface area contributed by atoms with Gasteiger partial charge < -0.3 is 14.8 Å². The van der Waals surface area contributed by atoms with E-state index in [0.29, 0.717) is 22.7 Å². The van der Waals surface area contributed by atoms with Gasteiger partial charge in [0.1, 0.15) is 18.1 Å². The minimum absolute atomic E-state index is 0.0565. The number of amides is 1. The SMILES string of the molecule is COc1cccc(OCCNC(=O)c2ccc(C)c(S(=O)(=O)Nc3ccccc3C)c2)c1. The molecule has 168 valence electrons. The van der Waals surface area contributed by atoms with Gasteiger partial charge in [-0.05, 0) is 55.3 Å². The van der Waals surface area contributed by atoms with E-state index >= 15 is 0 Å². The largest absolute Gasteiger partial charge is 0.497 e. The fraction of sp³-hybridized carbons (Fsp3) is 0.208. The Labute approximate surface area is 188 Å². The summed E-state index contributed by atoms with van der Waals surface area (Å²) in [5.74, 6) is 0.926. The van der Waals surface area contributed by atoms with Crippen LogP contribution in [0.1, 0.15) is 21.5 Å². The quantitative estimate of drug-likeness (QED) is 0.478. The third kappa shape index (κ3) is 5.79. The van der Waals surface area contributed by atoms with Gasteiger partial charge in [-0.15, -0.1) is 0 Å². The van der Waals surface area contributed by atoms with Gasteiger partial charge in [0.05, 0.1) is 24.2 Å². The molecular formula is C24H26N2O5S. The van der Waals surface area contributed by atoms with E-state index in [0.717, 1.165) is 5.56 Å². The standard InChI is InChI=1S/C24H26N2O5S/c1-17-7-4-5-10-22(17)26-32(28,29)23-15-19(12-11-18(23)2)24(27)25-13-14-31-21-9-6-8-20(16-21)30-3/h4-12,15-16,26H,13-14H2,1-3H3,(H,25,27). The minimum Gasteiger partial charge on any atom is -0.497 e. The Bertz CT molecular complexity index is 1210. The van der Waals surface area contributed by atoms with Crippen LogP contribution in [0.25, 0.3) is 0 Å². The number of ether oxygens (including phenoxy) is 2. The fourth-order valence-corrected chi connectivity index (χ4v) is 4.45. The van der Waals surface area contributed by atoms with Crippen LogP contribution in [0.2, 0.25) is 0 Å². The monoisotopic (exact) mass is 454 g/mol.